The van der Waals surface area contributed by atoms with Crippen LogP contribution in [0.25, 0.3) is 0 Å². The number of hydrogen-bond acceptors (Lipinski definition) is 2. The van der Waals surface area contributed by atoms with Crippen LogP contribution in [0.5, 0.6) is 0 Å². The zero-order chi connectivity index (χ0) is 12.6. The van der Waals surface area contributed by atoms with Crippen LogP contribution in [0, 0.1) is 17.8 Å². The highest BCUT2D eigenvalue weighted by Crippen LogP contribution is 2.41. The molecule has 0 aliphatic heterocycles. The molecule has 96 valence electrons. The second-order valence-corrected chi connectivity index (χ2v) is 5.57. The van der Waals surface area contributed by atoms with Gasteiger partial charge in [0.25, 0.3) is 0 Å². The summed E-state index contributed by atoms with van der Waals surface area (Å²) in [7, 11) is 1.84. The van der Waals surface area contributed by atoms with Crippen molar-refractivity contribution in [2.24, 2.45) is 17.8 Å². The Morgan fingerprint density at radius 1 is 1.18 bits per heavy atom. The quantitative estimate of drug-likeness (QED) is 0.816. The van der Waals surface area contributed by atoms with E-state index in [9.17, 15) is 9.59 Å². The van der Waals surface area contributed by atoms with Crippen LogP contribution in [0.1, 0.15) is 39.0 Å². The number of carboxylic acid groups (broad SMARTS) is 1. The van der Waals surface area contributed by atoms with Gasteiger partial charge in [0.1, 0.15) is 0 Å². The summed E-state index contributed by atoms with van der Waals surface area (Å²) < 4.78 is 0. The summed E-state index contributed by atoms with van der Waals surface area (Å²) in [4.78, 5) is 24.7. The smallest absolute Gasteiger partial charge is 0.307 e. The molecule has 4 heteroatoms. The predicted molar refractivity (Wildman–Crippen MR) is 63.4 cm³/mol. The average molecular weight is 239 g/mol. The van der Waals surface area contributed by atoms with E-state index < -0.39 is 11.9 Å². The lowest BCUT2D eigenvalue weighted by molar-refractivity contribution is -0.142. The fraction of sp³-hybridized carbons (Fsp3) is 0.846. The normalized spacial score (nSPS) is 36.4. The summed E-state index contributed by atoms with van der Waals surface area (Å²) in [5.74, 6) is -0.931. The molecule has 2 aliphatic carbocycles. The topological polar surface area (TPSA) is 57.6 Å². The molecule has 2 aliphatic rings. The highest BCUT2D eigenvalue weighted by atomic mass is 16.4. The lowest BCUT2D eigenvalue weighted by Crippen LogP contribution is -2.43. The Hall–Kier alpha value is -1.06. The van der Waals surface area contributed by atoms with E-state index in [4.69, 9.17) is 5.11 Å². The zero-order valence-electron chi connectivity index (χ0n) is 10.6. The van der Waals surface area contributed by atoms with Crippen LogP contribution >= 0.6 is 0 Å². The van der Waals surface area contributed by atoms with Gasteiger partial charge >= 0.3 is 5.97 Å². The molecular formula is C13H21NO3. The maximum atomic E-state index is 12.1. The van der Waals surface area contributed by atoms with Gasteiger partial charge in [-0.15, -0.1) is 0 Å². The Kier molecular flexibility index (Phi) is 3.40. The summed E-state index contributed by atoms with van der Waals surface area (Å²) in [6.45, 7) is 2.19. The molecule has 1 N–H and O–H groups in total. The highest BCUT2D eigenvalue weighted by molar-refractivity contribution is 5.89. The van der Waals surface area contributed by atoms with Gasteiger partial charge in [0.05, 0.1) is 11.8 Å². The van der Waals surface area contributed by atoms with Gasteiger partial charge in [0.2, 0.25) is 5.91 Å². The fourth-order valence-electron chi connectivity index (χ4n) is 3.04. The first-order valence-corrected chi connectivity index (χ1v) is 6.52. The van der Waals surface area contributed by atoms with Gasteiger partial charge in [-0.3, -0.25) is 9.59 Å². The van der Waals surface area contributed by atoms with Gasteiger partial charge in [0.15, 0.2) is 0 Å². The van der Waals surface area contributed by atoms with Crippen molar-refractivity contribution in [3.63, 3.8) is 0 Å². The van der Waals surface area contributed by atoms with Crippen molar-refractivity contribution in [2.75, 3.05) is 7.05 Å². The van der Waals surface area contributed by atoms with Gasteiger partial charge in [-0.1, -0.05) is 19.8 Å². The SMILES string of the molecule is CC1CCCCC1N(C)C(=O)[C@@H]1C[C@@H]1C(=O)O. The molecule has 2 fully saturated rings. The van der Waals surface area contributed by atoms with Gasteiger partial charge < -0.3 is 10.0 Å². The van der Waals surface area contributed by atoms with E-state index in [0.29, 0.717) is 18.4 Å². The van der Waals surface area contributed by atoms with E-state index in [2.05, 4.69) is 6.92 Å². The van der Waals surface area contributed by atoms with Crippen molar-refractivity contribution >= 4 is 11.9 Å². The molecule has 0 radical (unpaired) electrons. The lowest BCUT2D eigenvalue weighted by atomic mass is 9.85. The third kappa shape index (κ3) is 2.45. The van der Waals surface area contributed by atoms with E-state index in [-0.39, 0.29) is 11.8 Å². The predicted octanol–water partition coefficient (Wildman–Crippen LogP) is 1.74. The molecule has 2 rings (SSSR count). The first-order chi connectivity index (χ1) is 8.02. The van der Waals surface area contributed by atoms with Gasteiger partial charge in [-0.25, -0.2) is 0 Å². The number of amides is 1. The van der Waals surface area contributed by atoms with E-state index in [0.717, 1.165) is 6.42 Å². The van der Waals surface area contributed by atoms with Crippen molar-refractivity contribution in [2.45, 2.75) is 45.1 Å². The second kappa shape index (κ2) is 4.67. The van der Waals surface area contributed by atoms with Crippen LogP contribution in [0.4, 0.5) is 0 Å². The zero-order valence-corrected chi connectivity index (χ0v) is 10.6. The highest BCUT2D eigenvalue weighted by Gasteiger charge is 2.50. The molecule has 0 heterocycles. The van der Waals surface area contributed by atoms with Gasteiger partial charge in [0, 0.05) is 13.1 Å². The standard InChI is InChI=1S/C13H21NO3/c1-8-5-3-4-6-11(8)14(2)12(15)9-7-10(9)13(16)17/h8-11H,3-7H2,1-2H3,(H,16,17)/t8?,9-,10+,11?/m1/s1. The van der Waals surface area contributed by atoms with E-state index in [1.54, 1.807) is 0 Å². The van der Waals surface area contributed by atoms with Crippen LogP contribution in [-0.4, -0.2) is 35.0 Å². The molecule has 4 nitrogen and oxygen atoms in total. The minimum absolute atomic E-state index is 0.0381. The van der Waals surface area contributed by atoms with Gasteiger partial charge in [-0.2, -0.15) is 0 Å². The summed E-state index contributed by atoms with van der Waals surface area (Å²) >= 11 is 0. The number of rotatable bonds is 3. The summed E-state index contributed by atoms with van der Waals surface area (Å²) in [5, 5.41) is 8.85. The van der Waals surface area contributed by atoms with E-state index in [1.165, 1.54) is 19.3 Å². The molecule has 17 heavy (non-hydrogen) atoms. The maximum absolute atomic E-state index is 12.1. The molecule has 2 unspecified atom stereocenters. The molecule has 4 atom stereocenters. The third-order valence-electron chi connectivity index (χ3n) is 4.34. The van der Waals surface area contributed by atoms with Gasteiger partial charge in [-0.05, 0) is 25.2 Å². The number of nitrogens with zero attached hydrogens (tertiary/aromatic N) is 1. The minimum atomic E-state index is -0.826. The van der Waals surface area contributed by atoms with Crippen molar-refractivity contribution in [3.8, 4) is 0 Å². The Morgan fingerprint density at radius 2 is 1.82 bits per heavy atom. The van der Waals surface area contributed by atoms with E-state index in [1.807, 2.05) is 11.9 Å². The molecule has 0 aromatic rings. The van der Waals surface area contributed by atoms with Crippen molar-refractivity contribution in [1.29, 1.82) is 0 Å². The molecule has 0 bridgehead atoms. The monoisotopic (exact) mass is 239 g/mol. The largest absolute Gasteiger partial charge is 0.481 e. The number of hydrogen-bond donors (Lipinski definition) is 1. The molecule has 1 amide bonds. The number of carbonyl (C=O) groups is 2. The van der Waals surface area contributed by atoms with Crippen LogP contribution in [0.3, 0.4) is 0 Å². The van der Waals surface area contributed by atoms with Crippen molar-refractivity contribution < 1.29 is 14.7 Å². The van der Waals surface area contributed by atoms with Crippen LogP contribution in [-0.2, 0) is 9.59 Å². The number of carboxylic acids is 1. The second-order valence-electron chi connectivity index (χ2n) is 5.57. The Bertz CT molecular complexity index is 329. The van der Waals surface area contributed by atoms with Crippen molar-refractivity contribution in [3.05, 3.63) is 0 Å². The summed E-state index contributed by atoms with van der Waals surface area (Å²) in [5.41, 5.74) is 0. The summed E-state index contributed by atoms with van der Waals surface area (Å²) in [6, 6.07) is 0.311. The average Bonchev–Trinajstić information content (AvgIpc) is 3.08. The Balaban J connectivity index is 1.93. The molecule has 0 saturated heterocycles. The Labute approximate surface area is 102 Å². The summed E-state index contributed by atoms with van der Waals surface area (Å²) in [6.07, 6.45) is 5.20. The number of aliphatic carboxylic acids is 1. The lowest BCUT2D eigenvalue weighted by Gasteiger charge is -2.36. The van der Waals surface area contributed by atoms with Crippen LogP contribution < -0.4 is 0 Å². The molecular weight excluding hydrogens is 218 g/mol. The van der Waals surface area contributed by atoms with Crippen molar-refractivity contribution in [1.82, 2.24) is 4.90 Å². The number of carbonyl (C=O) groups excluding carboxylic acids is 1. The van der Waals surface area contributed by atoms with Crippen LogP contribution in [0.15, 0.2) is 0 Å². The fourth-order valence-corrected chi connectivity index (χ4v) is 3.04. The molecule has 0 aromatic heterocycles. The minimum Gasteiger partial charge on any atom is -0.481 e. The first kappa shape index (κ1) is 12.4. The maximum Gasteiger partial charge on any atom is 0.307 e. The molecule has 0 aromatic carbocycles. The van der Waals surface area contributed by atoms with Crippen LogP contribution in [0.2, 0.25) is 0 Å². The molecule has 2 saturated carbocycles. The molecule has 0 spiro atoms. The third-order valence-corrected chi connectivity index (χ3v) is 4.34. The first-order valence-electron chi connectivity index (χ1n) is 6.52. The van der Waals surface area contributed by atoms with E-state index >= 15 is 0 Å². The Morgan fingerprint density at radius 3 is 2.35 bits per heavy atom.